The predicted octanol–water partition coefficient (Wildman–Crippen LogP) is 1.02. The monoisotopic (exact) mass is 287 g/mol. The molecule has 0 aliphatic rings. The number of halogens is 2. The Morgan fingerprint density at radius 2 is 2.16 bits per heavy atom. The molecule has 0 atom stereocenters. The number of H-pyrrole nitrogens is 1. The van der Waals surface area contributed by atoms with Crippen LogP contribution in [0.5, 0.6) is 0 Å². The van der Waals surface area contributed by atoms with Crippen molar-refractivity contribution in [2.45, 2.75) is 5.16 Å². The summed E-state index contributed by atoms with van der Waals surface area (Å²) in [5.41, 5.74) is -0.607. The molecule has 0 bridgehead atoms. The van der Waals surface area contributed by atoms with Gasteiger partial charge in [0.1, 0.15) is 0 Å². The van der Waals surface area contributed by atoms with Crippen molar-refractivity contribution in [1.29, 1.82) is 0 Å². The van der Waals surface area contributed by atoms with E-state index in [4.69, 9.17) is 5.11 Å². The number of aromatic nitrogens is 3. The molecule has 6 nitrogen and oxygen atoms in total. The summed E-state index contributed by atoms with van der Waals surface area (Å²) in [7, 11) is 0. The fourth-order valence-electron chi connectivity index (χ4n) is 1.36. The fraction of sp³-hybridized carbons (Fsp3) is 0.100. The highest BCUT2D eigenvalue weighted by Crippen LogP contribution is 2.18. The molecule has 2 rings (SSSR count). The van der Waals surface area contributed by atoms with Gasteiger partial charge in [0, 0.05) is 6.07 Å². The molecule has 1 heterocycles. The van der Waals surface area contributed by atoms with Gasteiger partial charge in [0.25, 0.3) is 0 Å². The number of nitrogens with one attached hydrogen (secondary N) is 1. The van der Waals surface area contributed by atoms with Gasteiger partial charge >= 0.3 is 11.7 Å². The van der Waals surface area contributed by atoms with Crippen LogP contribution in [0.2, 0.25) is 0 Å². The van der Waals surface area contributed by atoms with Crippen molar-refractivity contribution >= 4 is 17.7 Å². The lowest BCUT2D eigenvalue weighted by molar-refractivity contribution is -0.133. The molecule has 2 N–H and O–H groups in total. The van der Waals surface area contributed by atoms with E-state index in [-0.39, 0.29) is 16.6 Å². The van der Waals surface area contributed by atoms with Gasteiger partial charge in [0.15, 0.2) is 16.8 Å². The Morgan fingerprint density at radius 1 is 1.42 bits per heavy atom. The van der Waals surface area contributed by atoms with Gasteiger partial charge in [0.05, 0.1) is 11.4 Å². The number of carboxylic acids is 1. The van der Waals surface area contributed by atoms with Gasteiger partial charge in [-0.2, -0.15) is 0 Å². The van der Waals surface area contributed by atoms with Crippen LogP contribution in [0, 0.1) is 11.6 Å². The first-order valence-electron chi connectivity index (χ1n) is 4.96. The summed E-state index contributed by atoms with van der Waals surface area (Å²) in [6.07, 6.45) is 0. The molecule has 19 heavy (non-hydrogen) atoms. The Hall–Kier alpha value is -2.16. The van der Waals surface area contributed by atoms with Crippen molar-refractivity contribution in [3.05, 3.63) is 40.3 Å². The number of carboxylic acid groups (broad SMARTS) is 1. The van der Waals surface area contributed by atoms with Crippen molar-refractivity contribution in [3.8, 4) is 5.69 Å². The molecular weight excluding hydrogens is 280 g/mol. The number of carbonyl (C=O) groups is 1. The van der Waals surface area contributed by atoms with Gasteiger partial charge in [-0.05, 0) is 12.1 Å². The standard InChI is InChI=1S/C10H7F2N3O3S/c11-6-2-1-5(3-7(6)12)15-9(18)13-14-10(15)19-4-8(16)17/h1-3H,4H2,(H,13,18)(H,16,17). The Balaban J connectivity index is 2.43. The average molecular weight is 287 g/mol. The van der Waals surface area contributed by atoms with Gasteiger partial charge in [-0.15, -0.1) is 5.10 Å². The smallest absolute Gasteiger partial charge is 0.348 e. The lowest BCUT2D eigenvalue weighted by atomic mass is 10.3. The lowest BCUT2D eigenvalue weighted by Gasteiger charge is -2.04. The van der Waals surface area contributed by atoms with Crippen LogP contribution in [-0.2, 0) is 4.79 Å². The quantitative estimate of drug-likeness (QED) is 0.820. The largest absolute Gasteiger partial charge is 0.481 e. The van der Waals surface area contributed by atoms with E-state index < -0.39 is 23.3 Å². The summed E-state index contributed by atoms with van der Waals surface area (Å²) < 4.78 is 26.9. The number of nitrogens with zero attached hydrogens (tertiary/aromatic N) is 2. The number of rotatable bonds is 4. The van der Waals surface area contributed by atoms with Crippen LogP contribution in [0.3, 0.4) is 0 Å². The molecule has 0 spiro atoms. The van der Waals surface area contributed by atoms with Gasteiger partial charge in [0.2, 0.25) is 0 Å². The number of aliphatic carboxylic acids is 1. The third-order valence-electron chi connectivity index (χ3n) is 2.13. The van der Waals surface area contributed by atoms with Crippen molar-refractivity contribution in [2.24, 2.45) is 0 Å². The molecule has 1 aromatic heterocycles. The van der Waals surface area contributed by atoms with Crippen LogP contribution in [0.15, 0.2) is 28.2 Å². The third-order valence-corrected chi connectivity index (χ3v) is 3.05. The topological polar surface area (TPSA) is 88.0 Å². The Labute approximate surface area is 109 Å². The summed E-state index contributed by atoms with van der Waals surface area (Å²) in [6, 6.07) is 2.90. The van der Waals surface area contributed by atoms with Gasteiger partial charge in [-0.1, -0.05) is 11.8 Å². The van der Waals surface area contributed by atoms with E-state index in [2.05, 4.69) is 10.2 Å². The molecule has 9 heteroatoms. The van der Waals surface area contributed by atoms with Crippen LogP contribution in [0.25, 0.3) is 5.69 Å². The van der Waals surface area contributed by atoms with Gasteiger partial charge in [-0.3, -0.25) is 4.79 Å². The third kappa shape index (κ3) is 2.81. The first-order valence-corrected chi connectivity index (χ1v) is 5.95. The van der Waals surface area contributed by atoms with E-state index in [1.165, 1.54) is 6.07 Å². The van der Waals surface area contributed by atoms with Crippen molar-refractivity contribution in [3.63, 3.8) is 0 Å². The average Bonchev–Trinajstić information content (AvgIpc) is 2.71. The zero-order valence-corrected chi connectivity index (χ0v) is 10.1. The molecule has 0 aliphatic heterocycles. The normalized spacial score (nSPS) is 10.6. The molecule has 0 aliphatic carbocycles. The summed E-state index contributed by atoms with van der Waals surface area (Å²) in [5, 5.41) is 14.4. The molecule has 0 unspecified atom stereocenters. The maximum atomic E-state index is 13.1. The maximum Gasteiger partial charge on any atom is 0.348 e. The molecule has 2 aromatic rings. The number of thioether (sulfide) groups is 1. The number of hydrogen-bond donors (Lipinski definition) is 2. The number of benzene rings is 1. The second kappa shape index (κ2) is 5.22. The van der Waals surface area contributed by atoms with E-state index in [0.29, 0.717) is 0 Å². The summed E-state index contributed by atoms with van der Waals surface area (Å²) in [6.45, 7) is 0. The molecule has 0 radical (unpaired) electrons. The minimum absolute atomic E-state index is 0.0541. The van der Waals surface area contributed by atoms with Crippen LogP contribution in [0.4, 0.5) is 8.78 Å². The first-order chi connectivity index (χ1) is 8.99. The first kappa shape index (κ1) is 13.3. The van der Waals surface area contributed by atoms with Crippen LogP contribution >= 0.6 is 11.8 Å². The Bertz CT molecular complexity index is 683. The van der Waals surface area contributed by atoms with E-state index in [1.54, 1.807) is 0 Å². The molecule has 0 fully saturated rings. The lowest BCUT2D eigenvalue weighted by Crippen LogP contribution is -2.16. The highest BCUT2D eigenvalue weighted by atomic mass is 32.2. The summed E-state index contributed by atoms with van der Waals surface area (Å²) >= 11 is 0.786. The van der Waals surface area contributed by atoms with Crippen LogP contribution < -0.4 is 5.69 Å². The van der Waals surface area contributed by atoms with E-state index in [1.807, 2.05) is 0 Å². The SMILES string of the molecule is O=C(O)CSc1n[nH]c(=O)n1-c1ccc(F)c(F)c1. The highest BCUT2D eigenvalue weighted by Gasteiger charge is 2.14. The second-order valence-corrected chi connectivity index (χ2v) is 4.37. The van der Waals surface area contributed by atoms with Crippen LogP contribution in [0.1, 0.15) is 0 Å². The predicted molar refractivity (Wildman–Crippen MR) is 62.5 cm³/mol. The summed E-state index contributed by atoms with van der Waals surface area (Å²) in [4.78, 5) is 22.0. The number of aromatic amines is 1. The van der Waals surface area contributed by atoms with E-state index in [9.17, 15) is 18.4 Å². The highest BCUT2D eigenvalue weighted by molar-refractivity contribution is 7.99. The van der Waals surface area contributed by atoms with Crippen molar-refractivity contribution in [2.75, 3.05) is 5.75 Å². The van der Waals surface area contributed by atoms with Crippen molar-refractivity contribution < 1.29 is 18.7 Å². The second-order valence-electron chi connectivity index (χ2n) is 3.43. The molecular formula is C10H7F2N3O3S. The Kier molecular flexibility index (Phi) is 3.65. The molecule has 1 aromatic carbocycles. The van der Waals surface area contributed by atoms with Crippen LogP contribution in [-0.4, -0.2) is 31.6 Å². The zero-order chi connectivity index (χ0) is 14.0. The minimum atomic E-state index is -1.11. The molecule has 0 saturated carbocycles. The minimum Gasteiger partial charge on any atom is -0.481 e. The molecule has 100 valence electrons. The maximum absolute atomic E-state index is 13.1. The summed E-state index contributed by atoms with van der Waals surface area (Å²) in [5.74, 6) is -3.55. The van der Waals surface area contributed by atoms with E-state index >= 15 is 0 Å². The molecule has 0 amide bonds. The zero-order valence-electron chi connectivity index (χ0n) is 9.26. The van der Waals surface area contributed by atoms with Gasteiger partial charge in [-0.25, -0.2) is 23.2 Å². The number of hydrogen-bond acceptors (Lipinski definition) is 4. The van der Waals surface area contributed by atoms with Crippen molar-refractivity contribution in [1.82, 2.24) is 14.8 Å². The van der Waals surface area contributed by atoms with Gasteiger partial charge < -0.3 is 5.11 Å². The fourth-order valence-corrected chi connectivity index (χ4v) is 2.04. The molecule has 0 saturated heterocycles. The van der Waals surface area contributed by atoms with E-state index in [0.717, 1.165) is 28.5 Å². The Morgan fingerprint density at radius 3 is 2.79 bits per heavy atom.